The summed E-state index contributed by atoms with van der Waals surface area (Å²) in [7, 11) is 0. The fraction of sp³-hybridized carbons (Fsp3) is 0.269. The first kappa shape index (κ1) is 20.8. The Hall–Kier alpha value is -3.47. The molecule has 0 saturated heterocycles. The second-order valence-electron chi connectivity index (χ2n) is 7.73. The molecule has 0 atom stereocenters. The van der Waals surface area contributed by atoms with Crippen LogP contribution in [0, 0.1) is 0 Å². The Morgan fingerprint density at radius 2 is 1.58 bits per heavy atom. The predicted octanol–water partition coefficient (Wildman–Crippen LogP) is 5.37. The number of aryl methyl sites for hydroxylation is 1. The molecule has 158 valence electrons. The quantitative estimate of drug-likeness (QED) is 0.397. The Kier molecular flexibility index (Phi) is 6.72. The van der Waals surface area contributed by atoms with Gasteiger partial charge in [-0.3, -0.25) is 4.79 Å². The van der Waals surface area contributed by atoms with Gasteiger partial charge in [-0.25, -0.2) is 9.97 Å². The molecule has 31 heavy (non-hydrogen) atoms. The highest BCUT2D eigenvalue weighted by Gasteiger charge is 2.23. The molecule has 0 unspecified atom stereocenters. The average Bonchev–Trinajstić information content (AvgIpc) is 2.81. The van der Waals surface area contributed by atoms with Crippen molar-refractivity contribution in [2.75, 3.05) is 18.0 Å². The van der Waals surface area contributed by atoms with Crippen molar-refractivity contribution in [3.05, 3.63) is 78.5 Å². The van der Waals surface area contributed by atoms with Gasteiger partial charge in [-0.15, -0.1) is 0 Å². The van der Waals surface area contributed by atoms with E-state index in [1.54, 1.807) is 6.08 Å². The number of hydrogen-bond acceptors (Lipinski definition) is 4. The number of hydrogen-bond donors (Lipinski definition) is 1. The van der Waals surface area contributed by atoms with E-state index in [4.69, 9.17) is 15.1 Å². The number of fused-ring (bicyclic) bond motifs is 1. The Labute approximate surface area is 183 Å². The Morgan fingerprint density at radius 3 is 2.23 bits per heavy atom. The summed E-state index contributed by atoms with van der Waals surface area (Å²) >= 11 is 0. The number of carboxylic acid groups (broad SMARTS) is 1. The number of aliphatic carboxylic acids is 1. The number of nitrogens with zero attached hydrogens (tertiary/aromatic N) is 3. The van der Waals surface area contributed by atoms with Gasteiger partial charge in [-0.1, -0.05) is 72.8 Å². The predicted molar refractivity (Wildman–Crippen MR) is 124 cm³/mol. The van der Waals surface area contributed by atoms with Gasteiger partial charge < -0.3 is 10.0 Å². The minimum atomic E-state index is -0.792. The molecule has 1 N–H and O–H groups in total. The maximum atomic E-state index is 10.6. The van der Waals surface area contributed by atoms with Crippen LogP contribution in [-0.4, -0.2) is 34.1 Å². The summed E-state index contributed by atoms with van der Waals surface area (Å²) in [6.45, 7) is 1.86. The molecule has 1 aliphatic heterocycles. The molecule has 0 aliphatic carbocycles. The molecule has 2 heterocycles. The second-order valence-corrected chi connectivity index (χ2v) is 7.73. The van der Waals surface area contributed by atoms with Gasteiger partial charge in [0.2, 0.25) is 0 Å². The van der Waals surface area contributed by atoms with E-state index in [1.807, 2.05) is 42.5 Å². The zero-order valence-electron chi connectivity index (χ0n) is 17.6. The molecule has 1 aromatic heterocycles. The van der Waals surface area contributed by atoms with Crippen LogP contribution in [0.25, 0.3) is 22.5 Å². The molecule has 0 spiro atoms. The number of rotatable bonds is 8. The van der Waals surface area contributed by atoms with Gasteiger partial charge in [0.1, 0.15) is 0 Å². The van der Waals surface area contributed by atoms with Crippen LogP contribution < -0.4 is 4.90 Å². The third-order valence-corrected chi connectivity index (χ3v) is 5.44. The number of carbonyl (C=O) groups is 1. The molecular formula is C26H27N3O2. The lowest BCUT2D eigenvalue weighted by Crippen LogP contribution is -2.32. The van der Waals surface area contributed by atoms with E-state index in [-0.39, 0.29) is 6.42 Å². The highest BCUT2D eigenvalue weighted by molar-refractivity contribution is 5.79. The van der Waals surface area contributed by atoms with Gasteiger partial charge in [0.15, 0.2) is 5.82 Å². The first-order valence-corrected chi connectivity index (χ1v) is 10.9. The van der Waals surface area contributed by atoms with Crippen molar-refractivity contribution in [2.45, 2.75) is 32.1 Å². The molecule has 0 fully saturated rings. The minimum absolute atomic E-state index is 0.0840. The minimum Gasteiger partial charge on any atom is -0.481 e. The Balaban J connectivity index is 1.62. The van der Waals surface area contributed by atoms with Crippen LogP contribution in [0.2, 0.25) is 0 Å². The Morgan fingerprint density at radius 1 is 0.935 bits per heavy atom. The zero-order valence-corrected chi connectivity index (χ0v) is 17.6. The van der Waals surface area contributed by atoms with Crippen LogP contribution in [0.1, 0.15) is 31.4 Å². The highest BCUT2D eigenvalue weighted by atomic mass is 16.4. The number of aromatic nitrogens is 2. The van der Waals surface area contributed by atoms with Crippen molar-refractivity contribution in [2.24, 2.45) is 0 Å². The van der Waals surface area contributed by atoms with Crippen LogP contribution in [-0.2, 0) is 11.2 Å². The smallest absolute Gasteiger partial charge is 0.307 e. The van der Waals surface area contributed by atoms with Crippen LogP contribution in [0.4, 0.5) is 5.82 Å². The molecule has 0 saturated carbocycles. The van der Waals surface area contributed by atoms with Crippen LogP contribution in [0.3, 0.4) is 0 Å². The molecule has 0 amide bonds. The number of allylic oxidation sites excluding steroid dienone is 1. The number of anilines is 1. The van der Waals surface area contributed by atoms with Gasteiger partial charge in [0.05, 0.1) is 23.5 Å². The van der Waals surface area contributed by atoms with E-state index in [9.17, 15) is 4.79 Å². The van der Waals surface area contributed by atoms with Crippen molar-refractivity contribution >= 4 is 11.8 Å². The topological polar surface area (TPSA) is 66.3 Å². The highest BCUT2D eigenvalue weighted by Crippen LogP contribution is 2.34. The lowest BCUT2D eigenvalue weighted by molar-refractivity contribution is -0.136. The number of carboxylic acids is 1. The second kappa shape index (κ2) is 10.0. The zero-order chi connectivity index (χ0) is 21.5. The standard InChI is InChI=1S/C26H27N3O2/c30-23(31)17-9-1-2-10-18-29-19-11-16-22-26(29)28-25(21-14-7-4-8-15-21)24(27-22)20-12-5-3-6-13-20/h1,3-9,12-15H,2,10-11,16-19H2,(H,30,31). The fourth-order valence-corrected chi connectivity index (χ4v) is 3.94. The lowest BCUT2D eigenvalue weighted by Gasteiger charge is -2.30. The van der Waals surface area contributed by atoms with E-state index < -0.39 is 5.97 Å². The van der Waals surface area contributed by atoms with Gasteiger partial charge >= 0.3 is 5.97 Å². The first-order chi connectivity index (χ1) is 15.2. The molecule has 3 aromatic rings. The van der Waals surface area contributed by atoms with E-state index in [0.717, 1.165) is 72.8 Å². The van der Waals surface area contributed by atoms with Crippen molar-refractivity contribution in [1.82, 2.24) is 9.97 Å². The molecule has 0 bridgehead atoms. The normalized spacial score (nSPS) is 13.4. The third kappa shape index (κ3) is 5.18. The van der Waals surface area contributed by atoms with E-state index in [1.165, 1.54) is 0 Å². The van der Waals surface area contributed by atoms with Crippen molar-refractivity contribution in [1.29, 1.82) is 0 Å². The number of unbranched alkanes of at least 4 members (excludes halogenated alkanes) is 1. The molecule has 2 aromatic carbocycles. The van der Waals surface area contributed by atoms with Gasteiger partial charge in [0.25, 0.3) is 0 Å². The molecule has 5 heteroatoms. The molecular weight excluding hydrogens is 386 g/mol. The molecule has 5 nitrogen and oxygen atoms in total. The van der Waals surface area contributed by atoms with Gasteiger partial charge in [-0.2, -0.15) is 0 Å². The summed E-state index contributed by atoms with van der Waals surface area (Å²) in [6, 6.07) is 20.5. The van der Waals surface area contributed by atoms with E-state index >= 15 is 0 Å². The monoisotopic (exact) mass is 413 g/mol. The summed E-state index contributed by atoms with van der Waals surface area (Å²) in [5.41, 5.74) is 5.06. The van der Waals surface area contributed by atoms with E-state index in [2.05, 4.69) is 29.2 Å². The van der Waals surface area contributed by atoms with Crippen LogP contribution >= 0.6 is 0 Å². The largest absolute Gasteiger partial charge is 0.481 e. The Bertz CT molecular complexity index is 1050. The lowest BCUT2D eigenvalue weighted by atomic mass is 10.0. The summed E-state index contributed by atoms with van der Waals surface area (Å²) in [5, 5.41) is 8.73. The average molecular weight is 414 g/mol. The summed E-state index contributed by atoms with van der Waals surface area (Å²) in [5.74, 6) is 0.193. The fourth-order valence-electron chi connectivity index (χ4n) is 3.94. The summed E-state index contributed by atoms with van der Waals surface area (Å²) in [4.78, 5) is 23.2. The van der Waals surface area contributed by atoms with Crippen molar-refractivity contribution in [3.8, 4) is 22.5 Å². The molecule has 1 aliphatic rings. The van der Waals surface area contributed by atoms with Crippen molar-refractivity contribution in [3.63, 3.8) is 0 Å². The first-order valence-electron chi connectivity index (χ1n) is 10.9. The maximum Gasteiger partial charge on any atom is 0.307 e. The summed E-state index contributed by atoms with van der Waals surface area (Å²) < 4.78 is 0. The van der Waals surface area contributed by atoms with Gasteiger partial charge in [0, 0.05) is 24.2 Å². The van der Waals surface area contributed by atoms with E-state index in [0.29, 0.717) is 0 Å². The third-order valence-electron chi connectivity index (χ3n) is 5.44. The van der Waals surface area contributed by atoms with Gasteiger partial charge in [-0.05, 0) is 25.7 Å². The van der Waals surface area contributed by atoms with Crippen molar-refractivity contribution < 1.29 is 9.90 Å². The molecule has 0 radical (unpaired) electrons. The van der Waals surface area contributed by atoms with Crippen LogP contribution in [0.15, 0.2) is 72.8 Å². The van der Waals surface area contributed by atoms with Crippen LogP contribution in [0.5, 0.6) is 0 Å². The maximum absolute atomic E-state index is 10.6. The SMILES string of the molecule is O=C(O)CC=CCCCN1CCCc2nc(-c3ccccc3)c(-c3ccccc3)nc21. The number of benzene rings is 2. The summed E-state index contributed by atoms with van der Waals surface area (Å²) in [6.07, 6.45) is 7.59. The molecule has 4 rings (SSSR count).